The number of nitrogens with zero attached hydrogens (tertiary/aromatic N) is 6. The average molecular weight is 487 g/mol. The van der Waals surface area contributed by atoms with Crippen molar-refractivity contribution >= 4 is 22.5 Å². The highest BCUT2D eigenvalue weighted by molar-refractivity contribution is 5.98. The Kier molecular flexibility index (Phi) is 6.33. The topological polar surface area (TPSA) is 101 Å². The van der Waals surface area contributed by atoms with Gasteiger partial charge in [-0.2, -0.15) is 5.10 Å². The van der Waals surface area contributed by atoms with Gasteiger partial charge in [-0.15, -0.1) is 0 Å². The van der Waals surface area contributed by atoms with Gasteiger partial charge in [-0.25, -0.2) is 14.6 Å². The molecule has 3 N–H and O–H groups in total. The highest BCUT2D eigenvalue weighted by atomic mass is 16.3. The molecule has 0 radical (unpaired) electrons. The second-order valence-electron chi connectivity index (χ2n) is 10.1. The standard InChI is InChI=1S/C27H34N8O/c1-33-11-13-34(14-12-33)22-6-8-23(9-7-22)35-27-24(26(28)30-18-31-27)25(32-35)20-2-4-21(5-3-20)29-16-19-10-15-36-17-19/h2-5,10,15,17-18,22-23,29H,6-9,11-14,16H2,1H3,(H2,28,30,31). The lowest BCUT2D eigenvalue weighted by Gasteiger charge is -2.41. The SMILES string of the molecule is CN1CCN(C2CCC(n3nc(-c4ccc(NCc5ccoc5)cc4)c4c(N)ncnc43)CC2)CC1. The van der Waals surface area contributed by atoms with E-state index < -0.39 is 0 Å². The summed E-state index contributed by atoms with van der Waals surface area (Å²) in [6.07, 6.45) is 9.60. The molecule has 0 unspecified atom stereocenters. The fourth-order valence-electron chi connectivity index (χ4n) is 5.65. The van der Waals surface area contributed by atoms with E-state index in [9.17, 15) is 0 Å². The van der Waals surface area contributed by atoms with Gasteiger partial charge in [-0.3, -0.25) is 4.90 Å². The molecule has 9 heteroatoms. The molecule has 6 rings (SSSR count). The first-order valence-electron chi connectivity index (χ1n) is 12.9. The molecule has 1 aromatic carbocycles. The van der Waals surface area contributed by atoms with Crippen molar-refractivity contribution in [2.24, 2.45) is 0 Å². The number of likely N-dealkylation sites (N-methyl/N-ethyl adjacent to an activating group) is 1. The molecule has 3 aromatic heterocycles. The predicted molar refractivity (Wildman–Crippen MR) is 142 cm³/mol. The van der Waals surface area contributed by atoms with Crippen molar-refractivity contribution < 1.29 is 4.42 Å². The van der Waals surface area contributed by atoms with E-state index in [1.165, 1.54) is 39.0 Å². The second-order valence-corrected chi connectivity index (χ2v) is 10.1. The van der Waals surface area contributed by atoms with Gasteiger partial charge in [0.2, 0.25) is 0 Å². The van der Waals surface area contributed by atoms with Crippen LogP contribution in [0.2, 0.25) is 0 Å². The van der Waals surface area contributed by atoms with Crippen LogP contribution in [0.3, 0.4) is 0 Å². The Labute approximate surface area is 211 Å². The van der Waals surface area contributed by atoms with Crippen LogP contribution >= 0.6 is 0 Å². The van der Waals surface area contributed by atoms with Crippen molar-refractivity contribution in [3.63, 3.8) is 0 Å². The fourth-order valence-corrected chi connectivity index (χ4v) is 5.65. The summed E-state index contributed by atoms with van der Waals surface area (Å²) < 4.78 is 7.27. The molecule has 0 atom stereocenters. The number of aromatic nitrogens is 4. The highest BCUT2D eigenvalue weighted by Crippen LogP contribution is 2.37. The Morgan fingerprint density at radius 1 is 0.972 bits per heavy atom. The Morgan fingerprint density at radius 3 is 2.44 bits per heavy atom. The third-order valence-electron chi connectivity index (χ3n) is 7.82. The predicted octanol–water partition coefficient (Wildman–Crippen LogP) is 4.01. The summed E-state index contributed by atoms with van der Waals surface area (Å²) in [5.41, 5.74) is 11.2. The minimum Gasteiger partial charge on any atom is -0.472 e. The van der Waals surface area contributed by atoms with E-state index in [0.717, 1.165) is 46.4 Å². The quantitative estimate of drug-likeness (QED) is 0.422. The number of hydrogen-bond donors (Lipinski definition) is 2. The Balaban J connectivity index is 1.21. The Morgan fingerprint density at radius 2 is 1.72 bits per heavy atom. The van der Waals surface area contributed by atoms with E-state index in [1.54, 1.807) is 18.9 Å². The summed E-state index contributed by atoms with van der Waals surface area (Å²) in [5.74, 6) is 0.481. The van der Waals surface area contributed by atoms with Crippen molar-refractivity contribution in [2.75, 3.05) is 44.3 Å². The maximum atomic E-state index is 6.36. The molecule has 2 fully saturated rings. The van der Waals surface area contributed by atoms with Gasteiger partial charge in [-0.05, 0) is 50.9 Å². The Hall–Kier alpha value is -3.43. The zero-order valence-electron chi connectivity index (χ0n) is 20.8. The van der Waals surface area contributed by atoms with E-state index in [-0.39, 0.29) is 0 Å². The van der Waals surface area contributed by atoms with Crippen molar-refractivity contribution in [2.45, 2.75) is 44.3 Å². The number of nitrogens with two attached hydrogens (primary N) is 1. The van der Waals surface area contributed by atoms with E-state index in [2.05, 4.69) is 61.1 Å². The van der Waals surface area contributed by atoms with Crippen molar-refractivity contribution in [3.05, 3.63) is 54.7 Å². The minimum absolute atomic E-state index is 0.329. The Bertz CT molecular complexity index is 1280. The fraction of sp³-hybridized carbons (Fsp3) is 0.444. The number of rotatable bonds is 6. The number of benzene rings is 1. The molecular formula is C27H34N8O. The molecule has 1 aliphatic carbocycles. The zero-order chi connectivity index (χ0) is 24.5. The number of piperazine rings is 1. The number of anilines is 2. The summed E-state index contributed by atoms with van der Waals surface area (Å²) in [6, 6.07) is 11.3. The first kappa shape index (κ1) is 23.0. The van der Waals surface area contributed by atoms with Crippen molar-refractivity contribution in [3.8, 4) is 11.3 Å². The molecule has 1 saturated carbocycles. The summed E-state index contributed by atoms with van der Waals surface area (Å²) in [7, 11) is 2.22. The molecule has 188 valence electrons. The third kappa shape index (κ3) is 4.56. The van der Waals surface area contributed by atoms with Gasteiger partial charge in [0, 0.05) is 55.6 Å². The van der Waals surface area contributed by atoms with Gasteiger partial charge < -0.3 is 20.4 Å². The monoisotopic (exact) mass is 486 g/mol. The smallest absolute Gasteiger partial charge is 0.164 e. The maximum Gasteiger partial charge on any atom is 0.164 e. The average Bonchev–Trinajstić information content (AvgIpc) is 3.57. The van der Waals surface area contributed by atoms with Crippen LogP contribution in [-0.2, 0) is 6.54 Å². The van der Waals surface area contributed by atoms with E-state index >= 15 is 0 Å². The summed E-state index contributed by atoms with van der Waals surface area (Å²) in [6.45, 7) is 5.40. The maximum absolute atomic E-state index is 6.36. The van der Waals surface area contributed by atoms with Crippen LogP contribution in [0.4, 0.5) is 11.5 Å². The molecule has 1 saturated heterocycles. The molecule has 4 aromatic rings. The number of furan rings is 1. The number of hydrogen-bond acceptors (Lipinski definition) is 8. The van der Waals surface area contributed by atoms with Crippen LogP contribution in [0.5, 0.6) is 0 Å². The second kappa shape index (κ2) is 9.91. The molecular weight excluding hydrogens is 452 g/mol. The summed E-state index contributed by atoms with van der Waals surface area (Å²) in [5, 5.41) is 9.36. The van der Waals surface area contributed by atoms with Crippen LogP contribution < -0.4 is 11.1 Å². The lowest BCUT2D eigenvalue weighted by molar-refractivity contribution is 0.0815. The van der Waals surface area contributed by atoms with Gasteiger partial charge >= 0.3 is 0 Å². The molecule has 9 nitrogen and oxygen atoms in total. The molecule has 1 aliphatic heterocycles. The highest BCUT2D eigenvalue weighted by Gasteiger charge is 2.30. The third-order valence-corrected chi connectivity index (χ3v) is 7.82. The number of fused-ring (bicyclic) bond motifs is 1. The first-order valence-corrected chi connectivity index (χ1v) is 12.9. The summed E-state index contributed by atoms with van der Waals surface area (Å²) in [4.78, 5) is 14.0. The van der Waals surface area contributed by atoms with Crippen LogP contribution in [-0.4, -0.2) is 68.8 Å². The number of nitrogens with one attached hydrogen (secondary N) is 1. The lowest BCUT2D eigenvalue weighted by atomic mass is 9.90. The zero-order valence-corrected chi connectivity index (χ0v) is 20.8. The molecule has 0 bridgehead atoms. The number of nitrogen functional groups attached to an aromatic ring is 1. The van der Waals surface area contributed by atoms with Crippen LogP contribution in [0.25, 0.3) is 22.3 Å². The lowest BCUT2D eigenvalue weighted by Crippen LogP contribution is -2.49. The normalized spacial score (nSPS) is 21.7. The minimum atomic E-state index is 0.329. The van der Waals surface area contributed by atoms with Crippen molar-refractivity contribution in [1.82, 2.24) is 29.5 Å². The van der Waals surface area contributed by atoms with Gasteiger partial charge in [-0.1, -0.05) is 12.1 Å². The van der Waals surface area contributed by atoms with E-state index in [0.29, 0.717) is 24.4 Å². The van der Waals surface area contributed by atoms with Gasteiger partial charge in [0.15, 0.2) is 5.65 Å². The largest absolute Gasteiger partial charge is 0.472 e. The van der Waals surface area contributed by atoms with Crippen molar-refractivity contribution in [1.29, 1.82) is 0 Å². The molecule has 0 amide bonds. The van der Waals surface area contributed by atoms with Gasteiger partial charge in [0.05, 0.1) is 24.0 Å². The van der Waals surface area contributed by atoms with Crippen LogP contribution in [0, 0.1) is 0 Å². The first-order chi connectivity index (χ1) is 17.7. The van der Waals surface area contributed by atoms with Gasteiger partial charge in [0.1, 0.15) is 17.8 Å². The van der Waals surface area contributed by atoms with Crippen LogP contribution in [0.1, 0.15) is 37.3 Å². The van der Waals surface area contributed by atoms with Crippen LogP contribution in [0.15, 0.2) is 53.6 Å². The molecule has 2 aliphatic rings. The molecule has 36 heavy (non-hydrogen) atoms. The van der Waals surface area contributed by atoms with E-state index in [4.69, 9.17) is 15.2 Å². The molecule has 4 heterocycles. The molecule has 0 spiro atoms. The van der Waals surface area contributed by atoms with E-state index in [1.807, 2.05) is 6.07 Å². The summed E-state index contributed by atoms with van der Waals surface area (Å²) >= 11 is 0. The van der Waals surface area contributed by atoms with Gasteiger partial charge in [0.25, 0.3) is 0 Å².